The van der Waals surface area contributed by atoms with E-state index in [0.717, 1.165) is 66.4 Å². The van der Waals surface area contributed by atoms with Crippen molar-refractivity contribution < 1.29 is 9.53 Å². The first-order chi connectivity index (χ1) is 15.3. The van der Waals surface area contributed by atoms with Crippen molar-refractivity contribution in [2.75, 3.05) is 18.4 Å². The molecule has 1 atom stereocenters. The zero-order valence-electron chi connectivity index (χ0n) is 19.3. The summed E-state index contributed by atoms with van der Waals surface area (Å²) in [5, 5.41) is 3.64. The van der Waals surface area contributed by atoms with Crippen LogP contribution in [0, 0.1) is 0 Å². The Morgan fingerprint density at radius 3 is 2.75 bits per heavy atom. The molecule has 0 radical (unpaired) electrons. The fourth-order valence-electron chi connectivity index (χ4n) is 4.78. The van der Waals surface area contributed by atoms with Crippen molar-refractivity contribution >= 4 is 17.4 Å². The maximum atomic E-state index is 13.2. The highest BCUT2D eigenvalue weighted by Gasteiger charge is 2.30. The number of ether oxygens (including phenoxy) is 1. The molecule has 2 aliphatic rings. The minimum Gasteiger partial charge on any atom is -0.490 e. The summed E-state index contributed by atoms with van der Waals surface area (Å²) in [5.41, 5.74) is 3.73. The highest BCUT2D eigenvalue weighted by molar-refractivity contribution is 5.94. The van der Waals surface area contributed by atoms with Crippen LogP contribution in [0.2, 0.25) is 0 Å². The van der Waals surface area contributed by atoms with Crippen molar-refractivity contribution in [3.63, 3.8) is 0 Å². The number of imidazole rings is 1. The van der Waals surface area contributed by atoms with Crippen LogP contribution in [0.5, 0.6) is 5.75 Å². The molecular formula is C25H31N5O2. The summed E-state index contributed by atoms with van der Waals surface area (Å²) in [6.45, 7) is 9.98. The Bertz CT molecular complexity index is 1150. The van der Waals surface area contributed by atoms with Gasteiger partial charge in [-0.1, -0.05) is 0 Å². The summed E-state index contributed by atoms with van der Waals surface area (Å²) in [6, 6.07) is 5.84. The molecule has 3 aromatic rings. The fraction of sp³-hybridized carbons (Fsp3) is 0.480. The lowest BCUT2D eigenvalue weighted by atomic mass is 9.92. The Morgan fingerprint density at radius 2 is 2.00 bits per heavy atom. The third-order valence-electron chi connectivity index (χ3n) is 6.26. The number of nitrogens with one attached hydrogen (secondary N) is 1. The van der Waals surface area contributed by atoms with E-state index in [2.05, 4.69) is 42.4 Å². The number of nitrogens with zero attached hydrogens (tertiary/aromatic N) is 4. The molecule has 1 aromatic carbocycles. The van der Waals surface area contributed by atoms with Crippen LogP contribution >= 0.6 is 0 Å². The minimum atomic E-state index is -0.0839. The van der Waals surface area contributed by atoms with Crippen molar-refractivity contribution in [2.45, 2.75) is 64.5 Å². The Kier molecular flexibility index (Phi) is 5.07. The quantitative estimate of drug-likeness (QED) is 0.667. The van der Waals surface area contributed by atoms with Gasteiger partial charge in [-0.2, -0.15) is 0 Å². The maximum Gasteiger partial charge on any atom is 0.253 e. The van der Waals surface area contributed by atoms with E-state index in [1.807, 2.05) is 29.3 Å². The van der Waals surface area contributed by atoms with Crippen LogP contribution in [0.1, 0.15) is 68.1 Å². The molecule has 32 heavy (non-hydrogen) atoms. The average molecular weight is 434 g/mol. The molecule has 1 amide bonds. The summed E-state index contributed by atoms with van der Waals surface area (Å²) in [6.07, 6.45) is 8.38. The predicted molar refractivity (Wildman–Crippen MR) is 124 cm³/mol. The topological polar surface area (TPSA) is 71.8 Å². The van der Waals surface area contributed by atoms with E-state index in [0.29, 0.717) is 5.92 Å². The first-order valence-electron chi connectivity index (χ1n) is 11.5. The lowest BCUT2D eigenvalue weighted by Crippen LogP contribution is -2.38. The smallest absolute Gasteiger partial charge is 0.253 e. The molecule has 168 valence electrons. The molecule has 1 fully saturated rings. The molecule has 0 saturated carbocycles. The molecule has 0 spiro atoms. The van der Waals surface area contributed by atoms with Gasteiger partial charge < -0.3 is 15.0 Å². The number of piperidine rings is 1. The van der Waals surface area contributed by atoms with Crippen LogP contribution in [0.25, 0.3) is 5.65 Å². The third-order valence-corrected chi connectivity index (χ3v) is 6.26. The molecule has 5 rings (SSSR count). The molecule has 2 aromatic heterocycles. The molecule has 4 heterocycles. The normalized spacial score (nSPS) is 19.1. The standard InChI is InChI=1S/C25H31N5O2/c1-16-13-19-14-18(5-6-20(19)32-16)24(31)29-10-7-17(8-11-29)22-23(28-25(2,3)4)30-12-9-26-15-21(30)27-22/h5-6,9,12,14-17,28H,7-8,10-11,13H2,1-4H3. The molecule has 2 aliphatic heterocycles. The maximum absolute atomic E-state index is 13.2. The number of amides is 1. The number of likely N-dealkylation sites (tertiary alicyclic amines) is 1. The second-order valence-corrected chi connectivity index (χ2v) is 10.0. The largest absolute Gasteiger partial charge is 0.490 e. The summed E-state index contributed by atoms with van der Waals surface area (Å²) < 4.78 is 7.86. The first-order valence-corrected chi connectivity index (χ1v) is 11.5. The fourth-order valence-corrected chi connectivity index (χ4v) is 4.78. The Hall–Kier alpha value is -3.09. The van der Waals surface area contributed by atoms with E-state index in [1.165, 1.54) is 0 Å². The molecule has 0 aliphatic carbocycles. The minimum absolute atomic E-state index is 0.0839. The summed E-state index contributed by atoms with van der Waals surface area (Å²) in [4.78, 5) is 24.3. The van der Waals surface area contributed by atoms with Crippen molar-refractivity contribution in [1.82, 2.24) is 19.3 Å². The number of aromatic nitrogens is 3. The number of hydrogen-bond donors (Lipinski definition) is 1. The van der Waals surface area contributed by atoms with Crippen LogP contribution in [0.15, 0.2) is 36.8 Å². The van der Waals surface area contributed by atoms with Crippen molar-refractivity contribution in [3.05, 3.63) is 53.6 Å². The lowest BCUT2D eigenvalue weighted by Gasteiger charge is -2.32. The Labute approximate surface area is 188 Å². The van der Waals surface area contributed by atoms with E-state index in [4.69, 9.17) is 9.72 Å². The lowest BCUT2D eigenvalue weighted by molar-refractivity contribution is 0.0712. The van der Waals surface area contributed by atoms with Gasteiger partial charge in [0.15, 0.2) is 5.65 Å². The summed E-state index contributed by atoms with van der Waals surface area (Å²) >= 11 is 0. The van der Waals surface area contributed by atoms with Gasteiger partial charge in [0.2, 0.25) is 0 Å². The van der Waals surface area contributed by atoms with Crippen LogP contribution in [-0.2, 0) is 6.42 Å². The highest BCUT2D eigenvalue weighted by Crippen LogP contribution is 2.35. The number of anilines is 1. The Morgan fingerprint density at radius 1 is 1.22 bits per heavy atom. The molecular weight excluding hydrogens is 402 g/mol. The summed E-state index contributed by atoms with van der Waals surface area (Å²) in [7, 11) is 0. The van der Waals surface area contributed by atoms with E-state index in [9.17, 15) is 4.79 Å². The van der Waals surface area contributed by atoms with E-state index < -0.39 is 0 Å². The van der Waals surface area contributed by atoms with Crippen LogP contribution in [0.3, 0.4) is 0 Å². The van der Waals surface area contributed by atoms with Gasteiger partial charge in [0.1, 0.15) is 17.7 Å². The monoisotopic (exact) mass is 433 g/mol. The second kappa shape index (κ2) is 7.80. The molecule has 1 unspecified atom stereocenters. The molecule has 1 N–H and O–H groups in total. The van der Waals surface area contributed by atoms with Gasteiger partial charge in [-0.05, 0) is 64.3 Å². The van der Waals surface area contributed by atoms with Crippen LogP contribution < -0.4 is 10.1 Å². The van der Waals surface area contributed by atoms with Gasteiger partial charge in [0.25, 0.3) is 5.91 Å². The van der Waals surface area contributed by atoms with Crippen LogP contribution in [-0.4, -0.2) is 49.9 Å². The average Bonchev–Trinajstić information content (AvgIpc) is 3.31. The van der Waals surface area contributed by atoms with Gasteiger partial charge >= 0.3 is 0 Å². The van der Waals surface area contributed by atoms with E-state index >= 15 is 0 Å². The first kappa shape index (κ1) is 20.8. The van der Waals surface area contributed by atoms with Gasteiger partial charge in [0, 0.05) is 48.9 Å². The molecule has 7 heteroatoms. The van der Waals surface area contributed by atoms with Gasteiger partial charge in [-0.25, -0.2) is 4.98 Å². The number of benzene rings is 1. The zero-order valence-corrected chi connectivity index (χ0v) is 19.3. The van der Waals surface area contributed by atoms with Crippen molar-refractivity contribution in [3.8, 4) is 5.75 Å². The Balaban J connectivity index is 1.33. The molecule has 0 bridgehead atoms. The predicted octanol–water partition coefficient (Wildman–Crippen LogP) is 4.28. The number of rotatable bonds is 3. The second-order valence-electron chi connectivity index (χ2n) is 10.0. The van der Waals surface area contributed by atoms with E-state index in [1.54, 1.807) is 12.4 Å². The molecule has 1 saturated heterocycles. The molecule has 7 nitrogen and oxygen atoms in total. The van der Waals surface area contributed by atoms with Gasteiger partial charge in [-0.3, -0.25) is 14.2 Å². The summed E-state index contributed by atoms with van der Waals surface area (Å²) in [5.74, 6) is 2.36. The zero-order chi connectivity index (χ0) is 22.5. The van der Waals surface area contributed by atoms with Crippen LogP contribution in [0.4, 0.5) is 5.82 Å². The highest BCUT2D eigenvalue weighted by atomic mass is 16.5. The number of hydrogen-bond acceptors (Lipinski definition) is 5. The van der Waals surface area contributed by atoms with E-state index in [-0.39, 0.29) is 17.6 Å². The third kappa shape index (κ3) is 3.92. The number of carbonyl (C=O) groups is 1. The number of carbonyl (C=O) groups excluding carboxylic acids is 1. The SMILES string of the molecule is CC1Cc2cc(C(=O)N3CCC(c4nc5cnccn5c4NC(C)(C)C)CC3)ccc2O1. The van der Waals surface area contributed by atoms with Crippen molar-refractivity contribution in [2.24, 2.45) is 0 Å². The van der Waals surface area contributed by atoms with Gasteiger partial charge in [0.05, 0.1) is 11.9 Å². The van der Waals surface area contributed by atoms with Gasteiger partial charge in [-0.15, -0.1) is 0 Å². The van der Waals surface area contributed by atoms with Crippen molar-refractivity contribution in [1.29, 1.82) is 0 Å². The number of fused-ring (bicyclic) bond motifs is 2.